The molecule has 0 radical (unpaired) electrons. The molecule has 8 atom stereocenters. The van der Waals surface area contributed by atoms with E-state index in [1.165, 1.54) is 12.0 Å². The highest BCUT2D eigenvalue weighted by atomic mass is 16.6. The Kier molecular flexibility index (Phi) is 7.92. The molecule has 4 aliphatic rings. The van der Waals surface area contributed by atoms with Gasteiger partial charge in [0.15, 0.2) is 0 Å². The molecular formula is C30H48N4O5. The Labute approximate surface area is 233 Å². The van der Waals surface area contributed by atoms with Gasteiger partial charge in [-0.1, -0.05) is 25.5 Å². The van der Waals surface area contributed by atoms with Gasteiger partial charge in [-0.15, -0.1) is 0 Å². The SMILES string of the molecule is CO[C@@H]1[C@H](N(C(=O)O)[C@H](c2cn(C[C@@H]3CCN(C)C3)cn2)C(C)C)CC[C@]2(CO2)[C@H]1[C@@]1(C)O[C@@H]1CC=C(C)C. The zero-order valence-corrected chi connectivity index (χ0v) is 24.8. The van der Waals surface area contributed by atoms with E-state index in [0.717, 1.165) is 38.2 Å². The van der Waals surface area contributed by atoms with E-state index in [1.807, 2.05) is 6.33 Å². The van der Waals surface area contributed by atoms with Crippen LogP contribution < -0.4 is 0 Å². The standard InChI is InChI=1S/C30H48N4O5/c1-19(2)8-9-24-29(5,39-24)27-26(37-7)23(10-12-30(27)17-38-30)34(28(35)36)25(20(3)4)22-16-33(18-31-22)15-21-11-13-32(6)14-21/h8,16,18,20-21,23-27H,9-15,17H2,1-7H3,(H,35,36)/t21-,23-,24-,25+,26-,27-,29+,30+/m1/s1. The van der Waals surface area contributed by atoms with Crippen LogP contribution in [0, 0.1) is 17.8 Å². The van der Waals surface area contributed by atoms with Gasteiger partial charge >= 0.3 is 6.09 Å². The number of epoxide rings is 2. The maximum absolute atomic E-state index is 13.1. The number of aromatic nitrogens is 2. The Morgan fingerprint density at radius 3 is 2.67 bits per heavy atom. The molecule has 0 aromatic carbocycles. The second kappa shape index (κ2) is 10.8. The van der Waals surface area contributed by atoms with Gasteiger partial charge in [0.2, 0.25) is 0 Å². The Balaban J connectivity index is 1.41. The van der Waals surface area contributed by atoms with Gasteiger partial charge in [0.05, 0.1) is 48.5 Å². The molecule has 0 bridgehead atoms. The number of hydrogen-bond acceptors (Lipinski definition) is 6. The second-order valence-corrected chi connectivity index (χ2v) is 13.2. The molecule has 1 N–H and O–H groups in total. The van der Waals surface area contributed by atoms with E-state index in [9.17, 15) is 9.90 Å². The van der Waals surface area contributed by atoms with Crippen LogP contribution in [0.4, 0.5) is 4.79 Å². The Bertz CT molecular complexity index is 1060. The lowest BCUT2D eigenvalue weighted by atomic mass is 9.67. The minimum absolute atomic E-state index is 0.0455. The van der Waals surface area contributed by atoms with E-state index < -0.39 is 11.7 Å². The average molecular weight is 545 g/mol. The maximum Gasteiger partial charge on any atom is 0.408 e. The number of nitrogens with zero attached hydrogens (tertiary/aromatic N) is 4. The van der Waals surface area contributed by atoms with Gasteiger partial charge in [-0.05, 0) is 71.9 Å². The van der Waals surface area contributed by atoms with Gasteiger partial charge < -0.3 is 28.8 Å². The molecule has 3 saturated heterocycles. The lowest BCUT2D eigenvalue weighted by Gasteiger charge is -2.48. The van der Waals surface area contributed by atoms with E-state index >= 15 is 0 Å². The molecular weight excluding hydrogens is 496 g/mol. The summed E-state index contributed by atoms with van der Waals surface area (Å²) in [6.07, 6.45) is 8.49. The number of amides is 1. The van der Waals surface area contributed by atoms with Crippen LogP contribution in [0.3, 0.4) is 0 Å². The van der Waals surface area contributed by atoms with Gasteiger partial charge in [-0.3, -0.25) is 4.90 Å². The summed E-state index contributed by atoms with van der Waals surface area (Å²) in [7, 11) is 3.87. The van der Waals surface area contributed by atoms with Crippen molar-refractivity contribution in [3.8, 4) is 0 Å². The highest BCUT2D eigenvalue weighted by Gasteiger charge is 2.72. The fraction of sp³-hybridized carbons (Fsp3) is 0.800. The molecule has 1 aliphatic carbocycles. The van der Waals surface area contributed by atoms with Crippen molar-refractivity contribution < 1.29 is 24.1 Å². The number of hydrogen-bond donors (Lipinski definition) is 1. The Morgan fingerprint density at radius 2 is 2.10 bits per heavy atom. The van der Waals surface area contributed by atoms with Crippen molar-refractivity contribution in [3.63, 3.8) is 0 Å². The topological polar surface area (TPSA) is 95.9 Å². The molecule has 5 rings (SSSR count). The molecule has 1 aromatic rings. The highest BCUT2D eigenvalue weighted by Crippen LogP contribution is 2.60. The Morgan fingerprint density at radius 1 is 1.36 bits per heavy atom. The predicted molar refractivity (Wildman–Crippen MR) is 149 cm³/mol. The van der Waals surface area contributed by atoms with E-state index in [4.69, 9.17) is 19.2 Å². The molecule has 9 nitrogen and oxygen atoms in total. The summed E-state index contributed by atoms with van der Waals surface area (Å²) in [5.74, 6) is 0.593. The summed E-state index contributed by atoms with van der Waals surface area (Å²) in [5.41, 5.74) is 1.38. The number of imidazole rings is 1. The van der Waals surface area contributed by atoms with Gasteiger partial charge in [0.1, 0.15) is 5.60 Å². The molecule has 1 spiro atoms. The summed E-state index contributed by atoms with van der Waals surface area (Å²) in [6.45, 7) is 14.3. The zero-order chi connectivity index (χ0) is 28.1. The van der Waals surface area contributed by atoms with Crippen LogP contribution >= 0.6 is 0 Å². The van der Waals surface area contributed by atoms with Crippen LogP contribution in [0.5, 0.6) is 0 Å². The number of methoxy groups -OCH3 is 1. The summed E-state index contributed by atoms with van der Waals surface area (Å²) in [5, 5.41) is 10.7. The number of allylic oxidation sites excluding steroid dienone is 1. The van der Waals surface area contributed by atoms with E-state index in [1.54, 1.807) is 12.0 Å². The number of carboxylic acid groups (broad SMARTS) is 1. The van der Waals surface area contributed by atoms with Crippen LogP contribution in [-0.2, 0) is 20.8 Å². The molecule has 0 unspecified atom stereocenters. The molecule has 3 aliphatic heterocycles. The van der Waals surface area contributed by atoms with E-state index in [0.29, 0.717) is 18.9 Å². The maximum atomic E-state index is 13.1. The first-order valence-corrected chi connectivity index (χ1v) is 14.7. The van der Waals surface area contributed by atoms with E-state index in [2.05, 4.69) is 63.4 Å². The first-order valence-electron chi connectivity index (χ1n) is 14.7. The van der Waals surface area contributed by atoms with Crippen molar-refractivity contribution in [1.29, 1.82) is 0 Å². The fourth-order valence-electron chi connectivity index (χ4n) is 7.64. The number of likely N-dealkylation sites (tertiary alicyclic amines) is 1. The monoisotopic (exact) mass is 544 g/mol. The quantitative estimate of drug-likeness (QED) is 0.340. The van der Waals surface area contributed by atoms with Crippen molar-refractivity contribution >= 4 is 6.09 Å². The molecule has 4 heterocycles. The van der Waals surface area contributed by atoms with Crippen LogP contribution in [-0.4, -0.2) is 93.9 Å². The fourth-order valence-corrected chi connectivity index (χ4v) is 7.64. The summed E-state index contributed by atoms with van der Waals surface area (Å²) in [6, 6.07) is -0.694. The van der Waals surface area contributed by atoms with E-state index in [-0.39, 0.29) is 41.7 Å². The van der Waals surface area contributed by atoms with Gasteiger partial charge in [-0.2, -0.15) is 0 Å². The number of rotatable bonds is 10. The first-order chi connectivity index (χ1) is 18.5. The second-order valence-electron chi connectivity index (χ2n) is 13.2. The lowest BCUT2D eigenvalue weighted by Crippen LogP contribution is -2.61. The Hall–Kier alpha value is -1.94. The summed E-state index contributed by atoms with van der Waals surface area (Å²) in [4.78, 5) is 21.8. The van der Waals surface area contributed by atoms with Gasteiger partial charge in [0.25, 0.3) is 0 Å². The third-order valence-electron chi connectivity index (χ3n) is 9.68. The summed E-state index contributed by atoms with van der Waals surface area (Å²) < 4.78 is 20.9. The highest BCUT2D eigenvalue weighted by molar-refractivity contribution is 5.66. The minimum Gasteiger partial charge on any atom is -0.465 e. The molecule has 1 aromatic heterocycles. The molecule has 9 heteroatoms. The predicted octanol–water partition coefficient (Wildman–Crippen LogP) is 4.59. The number of carbonyl (C=O) groups is 1. The third kappa shape index (κ3) is 5.52. The summed E-state index contributed by atoms with van der Waals surface area (Å²) >= 11 is 0. The van der Waals surface area contributed by atoms with Crippen molar-refractivity contribution in [2.24, 2.45) is 17.8 Å². The smallest absolute Gasteiger partial charge is 0.408 e. The largest absolute Gasteiger partial charge is 0.465 e. The van der Waals surface area contributed by atoms with Crippen LogP contribution in [0.25, 0.3) is 0 Å². The van der Waals surface area contributed by atoms with Crippen molar-refractivity contribution in [2.75, 3.05) is 33.9 Å². The lowest BCUT2D eigenvalue weighted by molar-refractivity contribution is -0.102. The molecule has 1 saturated carbocycles. The van der Waals surface area contributed by atoms with Crippen LogP contribution in [0.15, 0.2) is 24.2 Å². The molecule has 218 valence electrons. The normalized spacial score (nSPS) is 36.8. The molecule has 39 heavy (non-hydrogen) atoms. The molecule has 1 amide bonds. The van der Waals surface area contributed by atoms with Gasteiger partial charge in [-0.25, -0.2) is 9.78 Å². The van der Waals surface area contributed by atoms with Crippen molar-refractivity contribution in [1.82, 2.24) is 19.4 Å². The van der Waals surface area contributed by atoms with Crippen molar-refractivity contribution in [3.05, 3.63) is 29.9 Å². The minimum atomic E-state index is -0.929. The zero-order valence-electron chi connectivity index (χ0n) is 24.8. The van der Waals surface area contributed by atoms with Crippen molar-refractivity contribution in [2.45, 2.75) is 102 Å². The van der Waals surface area contributed by atoms with Crippen LogP contribution in [0.1, 0.15) is 72.0 Å². The average Bonchev–Trinajstić information content (AvgIpc) is 3.65. The molecule has 4 fully saturated rings. The number of ether oxygens (including phenoxy) is 3. The van der Waals surface area contributed by atoms with Gasteiger partial charge in [0, 0.05) is 32.3 Å². The third-order valence-corrected chi connectivity index (χ3v) is 9.68. The van der Waals surface area contributed by atoms with Crippen LogP contribution in [0.2, 0.25) is 0 Å². The first kappa shape index (κ1) is 28.6.